The number of nitro groups is 1. The van der Waals surface area contributed by atoms with Gasteiger partial charge in [-0.3, -0.25) is 10.1 Å². The second-order valence-corrected chi connectivity index (χ2v) is 4.60. The third kappa shape index (κ3) is 3.31. The van der Waals surface area contributed by atoms with Crippen LogP contribution in [0.3, 0.4) is 0 Å². The predicted molar refractivity (Wildman–Crippen MR) is 76.3 cm³/mol. The molecule has 4 nitrogen and oxygen atoms in total. The number of non-ortho nitro benzene ring substituents is 1. The molecule has 0 radical (unpaired) electrons. The van der Waals surface area contributed by atoms with E-state index < -0.39 is 0 Å². The van der Waals surface area contributed by atoms with E-state index in [1.807, 2.05) is 0 Å². The number of anilines is 1. The highest BCUT2D eigenvalue weighted by Crippen LogP contribution is 2.18. The van der Waals surface area contributed by atoms with E-state index in [-0.39, 0.29) is 10.6 Å². The van der Waals surface area contributed by atoms with Crippen LogP contribution in [0.4, 0.5) is 11.4 Å². The smallest absolute Gasteiger partial charge is 0.269 e. The second kappa shape index (κ2) is 5.52. The molecule has 0 saturated carbocycles. The van der Waals surface area contributed by atoms with Crippen LogP contribution in [-0.2, 0) is 6.54 Å². The van der Waals surface area contributed by atoms with E-state index in [9.17, 15) is 10.1 Å². The Morgan fingerprint density at radius 1 is 1.11 bits per heavy atom. The van der Waals surface area contributed by atoms with E-state index in [4.69, 9.17) is 0 Å². The molecule has 19 heavy (non-hydrogen) atoms. The van der Waals surface area contributed by atoms with E-state index in [0.717, 1.165) is 11.3 Å². The molecule has 98 valence electrons. The van der Waals surface area contributed by atoms with Crippen molar-refractivity contribution < 1.29 is 4.92 Å². The molecule has 0 saturated heterocycles. The molecule has 0 heterocycles. The van der Waals surface area contributed by atoms with Gasteiger partial charge in [-0.15, -0.1) is 0 Å². The van der Waals surface area contributed by atoms with Crippen LogP contribution in [0.1, 0.15) is 16.7 Å². The van der Waals surface area contributed by atoms with Crippen LogP contribution in [0.5, 0.6) is 0 Å². The van der Waals surface area contributed by atoms with Gasteiger partial charge in [0.15, 0.2) is 0 Å². The maximum absolute atomic E-state index is 10.6. The fourth-order valence-corrected chi connectivity index (χ4v) is 1.86. The molecule has 2 rings (SSSR count). The quantitative estimate of drug-likeness (QED) is 0.668. The van der Waals surface area contributed by atoms with E-state index >= 15 is 0 Å². The molecule has 0 aliphatic heterocycles. The van der Waals surface area contributed by atoms with Crippen molar-refractivity contribution >= 4 is 11.4 Å². The van der Waals surface area contributed by atoms with Crippen LogP contribution in [-0.4, -0.2) is 4.92 Å². The number of benzene rings is 2. The van der Waals surface area contributed by atoms with Gasteiger partial charge in [-0.1, -0.05) is 24.3 Å². The summed E-state index contributed by atoms with van der Waals surface area (Å²) in [4.78, 5) is 10.2. The normalized spacial score (nSPS) is 10.2. The first-order chi connectivity index (χ1) is 9.06. The Morgan fingerprint density at radius 3 is 2.42 bits per heavy atom. The van der Waals surface area contributed by atoms with Crippen molar-refractivity contribution in [1.29, 1.82) is 0 Å². The number of nitrogens with zero attached hydrogens (tertiary/aromatic N) is 1. The van der Waals surface area contributed by atoms with Crippen LogP contribution in [0.15, 0.2) is 42.5 Å². The summed E-state index contributed by atoms with van der Waals surface area (Å²) in [7, 11) is 0. The lowest BCUT2D eigenvalue weighted by molar-refractivity contribution is -0.384. The maximum Gasteiger partial charge on any atom is 0.269 e. The second-order valence-electron chi connectivity index (χ2n) is 4.60. The molecule has 0 amide bonds. The molecule has 0 atom stereocenters. The van der Waals surface area contributed by atoms with Crippen LogP contribution >= 0.6 is 0 Å². The minimum atomic E-state index is -0.387. The first-order valence-corrected chi connectivity index (χ1v) is 6.11. The molecule has 4 heteroatoms. The molecule has 0 aromatic heterocycles. The van der Waals surface area contributed by atoms with Gasteiger partial charge in [0.25, 0.3) is 5.69 Å². The number of nitrogens with one attached hydrogen (secondary N) is 1. The third-order valence-electron chi connectivity index (χ3n) is 3.02. The molecule has 1 N–H and O–H groups in total. The van der Waals surface area contributed by atoms with Gasteiger partial charge < -0.3 is 5.32 Å². The molecule has 0 spiro atoms. The van der Waals surface area contributed by atoms with Gasteiger partial charge in [-0.05, 0) is 36.6 Å². The van der Waals surface area contributed by atoms with Crippen molar-refractivity contribution in [2.75, 3.05) is 5.32 Å². The highest BCUT2D eigenvalue weighted by atomic mass is 16.6. The van der Waals surface area contributed by atoms with Crippen LogP contribution in [0, 0.1) is 24.0 Å². The van der Waals surface area contributed by atoms with E-state index in [1.54, 1.807) is 12.1 Å². The fraction of sp³-hybridized carbons (Fsp3) is 0.200. The minimum Gasteiger partial charge on any atom is -0.381 e. The van der Waals surface area contributed by atoms with Crippen molar-refractivity contribution in [3.63, 3.8) is 0 Å². The summed E-state index contributed by atoms with van der Waals surface area (Å²) in [5.74, 6) is 0. The average Bonchev–Trinajstić information content (AvgIpc) is 2.40. The first-order valence-electron chi connectivity index (χ1n) is 6.11. The molecular weight excluding hydrogens is 240 g/mol. The molecule has 2 aromatic carbocycles. The summed E-state index contributed by atoms with van der Waals surface area (Å²) >= 11 is 0. The zero-order valence-electron chi connectivity index (χ0n) is 11.0. The minimum absolute atomic E-state index is 0.121. The van der Waals surface area contributed by atoms with Gasteiger partial charge in [0, 0.05) is 24.4 Å². The number of nitro benzene ring substituents is 1. The lowest BCUT2D eigenvalue weighted by Gasteiger charge is -2.10. The Morgan fingerprint density at radius 2 is 1.79 bits per heavy atom. The summed E-state index contributed by atoms with van der Waals surface area (Å²) < 4.78 is 0. The Balaban J connectivity index is 2.06. The Bertz CT molecular complexity index is 592. The van der Waals surface area contributed by atoms with Crippen molar-refractivity contribution in [3.8, 4) is 0 Å². The van der Waals surface area contributed by atoms with Gasteiger partial charge in [0.05, 0.1) is 4.92 Å². The van der Waals surface area contributed by atoms with Gasteiger partial charge in [0.2, 0.25) is 0 Å². The highest BCUT2D eigenvalue weighted by molar-refractivity contribution is 5.52. The monoisotopic (exact) mass is 256 g/mol. The summed E-state index contributed by atoms with van der Waals surface area (Å²) in [6.07, 6.45) is 0. The third-order valence-corrected chi connectivity index (χ3v) is 3.02. The van der Waals surface area contributed by atoms with Gasteiger partial charge in [-0.25, -0.2) is 0 Å². The fourth-order valence-electron chi connectivity index (χ4n) is 1.86. The van der Waals surface area contributed by atoms with Crippen LogP contribution in [0.25, 0.3) is 0 Å². The topological polar surface area (TPSA) is 55.2 Å². The number of aryl methyl sites for hydroxylation is 2. The molecule has 0 aliphatic carbocycles. The summed E-state index contributed by atoms with van der Waals surface area (Å²) in [5.41, 5.74) is 4.63. The Hall–Kier alpha value is -2.36. The molecule has 0 fully saturated rings. The van der Waals surface area contributed by atoms with Crippen LogP contribution in [0.2, 0.25) is 0 Å². The average molecular weight is 256 g/mol. The first kappa shape index (κ1) is 13.1. The highest BCUT2D eigenvalue weighted by Gasteiger charge is 2.04. The van der Waals surface area contributed by atoms with Crippen molar-refractivity contribution in [2.45, 2.75) is 20.4 Å². The lowest BCUT2D eigenvalue weighted by atomic mass is 10.1. The molecule has 0 aliphatic rings. The molecular formula is C15H16N2O2. The van der Waals surface area contributed by atoms with E-state index in [2.05, 4.69) is 37.4 Å². The summed E-state index contributed by atoms with van der Waals surface area (Å²) in [5, 5.41) is 13.9. The SMILES string of the molecule is Cc1ccc(C)c(NCc2ccc([N+](=O)[O-])cc2)c1. The summed E-state index contributed by atoms with van der Waals surface area (Å²) in [6, 6.07) is 12.9. The lowest BCUT2D eigenvalue weighted by Crippen LogP contribution is -2.01. The number of hydrogen-bond acceptors (Lipinski definition) is 3. The standard InChI is InChI=1S/C15H16N2O2/c1-11-3-4-12(2)15(9-11)16-10-13-5-7-14(8-6-13)17(18)19/h3-9,16H,10H2,1-2H3. The van der Waals surface area contributed by atoms with E-state index in [1.165, 1.54) is 23.3 Å². The van der Waals surface area contributed by atoms with Crippen LogP contribution < -0.4 is 5.32 Å². The maximum atomic E-state index is 10.6. The van der Waals surface area contributed by atoms with E-state index in [0.29, 0.717) is 6.54 Å². The molecule has 0 unspecified atom stereocenters. The number of hydrogen-bond donors (Lipinski definition) is 1. The molecule has 2 aromatic rings. The predicted octanol–water partition coefficient (Wildman–Crippen LogP) is 3.82. The zero-order chi connectivity index (χ0) is 13.8. The van der Waals surface area contributed by atoms with Crippen molar-refractivity contribution in [3.05, 3.63) is 69.3 Å². The Labute approximate surface area is 112 Å². The largest absolute Gasteiger partial charge is 0.381 e. The molecule has 0 bridgehead atoms. The Kier molecular flexibility index (Phi) is 3.80. The van der Waals surface area contributed by atoms with Gasteiger partial charge in [-0.2, -0.15) is 0 Å². The van der Waals surface area contributed by atoms with Crippen molar-refractivity contribution in [2.24, 2.45) is 0 Å². The van der Waals surface area contributed by atoms with Gasteiger partial charge in [0.1, 0.15) is 0 Å². The zero-order valence-corrected chi connectivity index (χ0v) is 11.0. The van der Waals surface area contributed by atoms with Crippen molar-refractivity contribution in [1.82, 2.24) is 0 Å². The van der Waals surface area contributed by atoms with Gasteiger partial charge >= 0.3 is 0 Å². The number of rotatable bonds is 4. The summed E-state index contributed by atoms with van der Waals surface area (Å²) in [6.45, 7) is 4.76.